The van der Waals surface area contributed by atoms with Gasteiger partial charge in [0, 0.05) is 12.6 Å². The van der Waals surface area contributed by atoms with E-state index in [-0.39, 0.29) is 6.29 Å². The van der Waals surface area contributed by atoms with E-state index in [4.69, 9.17) is 9.47 Å². The lowest BCUT2D eigenvalue weighted by Crippen LogP contribution is -2.36. The van der Waals surface area contributed by atoms with E-state index in [1.165, 1.54) is 19.3 Å². The lowest BCUT2D eigenvalue weighted by Gasteiger charge is -2.23. The van der Waals surface area contributed by atoms with Gasteiger partial charge in [0.15, 0.2) is 6.29 Å². The Labute approximate surface area is 91.7 Å². The fraction of sp³-hybridized carbons (Fsp3) is 1.00. The fourth-order valence-corrected chi connectivity index (χ4v) is 1.68. The Morgan fingerprint density at radius 3 is 2.60 bits per heavy atom. The van der Waals surface area contributed by atoms with Crippen molar-refractivity contribution in [2.24, 2.45) is 0 Å². The molecule has 1 heterocycles. The summed E-state index contributed by atoms with van der Waals surface area (Å²) < 4.78 is 10.9. The van der Waals surface area contributed by atoms with Gasteiger partial charge in [0.05, 0.1) is 13.2 Å². The van der Waals surface area contributed by atoms with Crippen LogP contribution in [-0.4, -0.2) is 45.2 Å². The van der Waals surface area contributed by atoms with Crippen LogP contribution in [0.5, 0.6) is 0 Å². The Balaban J connectivity index is 1.37. The quantitative estimate of drug-likeness (QED) is 0.605. The summed E-state index contributed by atoms with van der Waals surface area (Å²) in [4.78, 5) is 0. The van der Waals surface area contributed by atoms with E-state index >= 15 is 0 Å². The van der Waals surface area contributed by atoms with Crippen molar-refractivity contribution in [3.05, 3.63) is 0 Å². The molecule has 2 rings (SSSR count). The minimum atomic E-state index is -0.0184. The van der Waals surface area contributed by atoms with Crippen LogP contribution in [0.1, 0.15) is 25.7 Å². The zero-order valence-corrected chi connectivity index (χ0v) is 9.34. The monoisotopic (exact) mass is 214 g/mol. The summed E-state index contributed by atoms with van der Waals surface area (Å²) in [5, 5.41) is 6.85. The molecule has 0 atom stereocenters. The van der Waals surface area contributed by atoms with Crippen LogP contribution in [0.3, 0.4) is 0 Å². The maximum atomic E-state index is 5.43. The van der Waals surface area contributed by atoms with Gasteiger partial charge in [-0.1, -0.05) is 0 Å². The predicted octanol–water partition coefficient (Wildman–Crippen LogP) is 0.481. The highest BCUT2D eigenvalue weighted by molar-refractivity contribution is 4.80. The van der Waals surface area contributed by atoms with Crippen molar-refractivity contribution in [2.45, 2.75) is 38.0 Å². The summed E-state index contributed by atoms with van der Waals surface area (Å²) in [5.74, 6) is 0. The molecule has 0 aromatic heterocycles. The maximum absolute atomic E-state index is 5.43. The van der Waals surface area contributed by atoms with Gasteiger partial charge in [-0.15, -0.1) is 0 Å². The highest BCUT2D eigenvalue weighted by Gasteiger charge is 2.19. The lowest BCUT2D eigenvalue weighted by atomic mass is 10.4. The first-order valence-corrected chi connectivity index (χ1v) is 6.12. The first-order valence-electron chi connectivity index (χ1n) is 6.12. The number of hydrogen-bond acceptors (Lipinski definition) is 4. The molecule has 1 saturated heterocycles. The average Bonchev–Trinajstić information content (AvgIpc) is 3.09. The van der Waals surface area contributed by atoms with Crippen LogP contribution in [-0.2, 0) is 9.47 Å². The van der Waals surface area contributed by atoms with Crippen molar-refractivity contribution in [3.63, 3.8) is 0 Å². The van der Waals surface area contributed by atoms with Crippen molar-refractivity contribution in [3.8, 4) is 0 Å². The summed E-state index contributed by atoms with van der Waals surface area (Å²) in [7, 11) is 0. The molecule has 0 aromatic carbocycles. The molecule has 88 valence electrons. The van der Waals surface area contributed by atoms with Crippen LogP contribution in [0.4, 0.5) is 0 Å². The number of ether oxygens (including phenoxy) is 2. The molecule has 0 spiro atoms. The summed E-state index contributed by atoms with van der Waals surface area (Å²) >= 11 is 0. The highest BCUT2D eigenvalue weighted by atomic mass is 16.7. The zero-order chi connectivity index (χ0) is 10.3. The van der Waals surface area contributed by atoms with Crippen LogP contribution in [0.15, 0.2) is 0 Å². The molecule has 0 aromatic rings. The lowest BCUT2D eigenvalue weighted by molar-refractivity contribution is -0.175. The van der Waals surface area contributed by atoms with Gasteiger partial charge >= 0.3 is 0 Å². The molecule has 2 aliphatic rings. The average molecular weight is 214 g/mol. The molecular formula is C11H22N2O2. The fourth-order valence-electron chi connectivity index (χ4n) is 1.68. The van der Waals surface area contributed by atoms with Gasteiger partial charge in [-0.05, 0) is 38.8 Å². The van der Waals surface area contributed by atoms with E-state index in [0.29, 0.717) is 0 Å². The molecular weight excluding hydrogens is 192 g/mol. The second-order valence-electron chi connectivity index (χ2n) is 4.31. The van der Waals surface area contributed by atoms with E-state index in [0.717, 1.165) is 45.3 Å². The van der Waals surface area contributed by atoms with Crippen LogP contribution in [0, 0.1) is 0 Å². The topological polar surface area (TPSA) is 42.5 Å². The third kappa shape index (κ3) is 4.93. The Bertz CT molecular complexity index is 168. The SMILES string of the molecule is C(CNCC1OCCCO1)CNC1CC1. The van der Waals surface area contributed by atoms with Gasteiger partial charge < -0.3 is 20.1 Å². The van der Waals surface area contributed by atoms with E-state index in [1.807, 2.05) is 0 Å². The van der Waals surface area contributed by atoms with Gasteiger partial charge in [-0.25, -0.2) is 0 Å². The van der Waals surface area contributed by atoms with E-state index in [2.05, 4.69) is 10.6 Å². The van der Waals surface area contributed by atoms with Crippen LogP contribution < -0.4 is 10.6 Å². The van der Waals surface area contributed by atoms with Gasteiger partial charge in [-0.2, -0.15) is 0 Å². The molecule has 15 heavy (non-hydrogen) atoms. The third-order valence-corrected chi connectivity index (χ3v) is 2.75. The van der Waals surface area contributed by atoms with Crippen LogP contribution in [0.25, 0.3) is 0 Å². The van der Waals surface area contributed by atoms with Crippen molar-refractivity contribution in [2.75, 3.05) is 32.8 Å². The molecule has 0 bridgehead atoms. The highest BCUT2D eigenvalue weighted by Crippen LogP contribution is 2.18. The first-order chi connectivity index (χ1) is 7.45. The van der Waals surface area contributed by atoms with Crippen molar-refractivity contribution >= 4 is 0 Å². The van der Waals surface area contributed by atoms with Gasteiger partial charge in [0.1, 0.15) is 0 Å². The normalized spacial score (nSPS) is 23.2. The zero-order valence-electron chi connectivity index (χ0n) is 9.34. The minimum absolute atomic E-state index is 0.0184. The first kappa shape index (κ1) is 11.3. The standard InChI is InChI=1S/C11H22N2O2/c1(6-13-10-3-4-10)5-12-9-11-14-7-2-8-15-11/h10-13H,1-9H2. The Kier molecular flexibility index (Phi) is 4.86. The maximum Gasteiger partial charge on any atom is 0.169 e. The molecule has 0 amide bonds. The molecule has 0 unspecified atom stereocenters. The van der Waals surface area contributed by atoms with E-state index in [1.54, 1.807) is 0 Å². The summed E-state index contributed by atoms with van der Waals surface area (Å²) in [5.41, 5.74) is 0. The van der Waals surface area contributed by atoms with Crippen molar-refractivity contribution in [1.29, 1.82) is 0 Å². The Morgan fingerprint density at radius 2 is 1.87 bits per heavy atom. The summed E-state index contributed by atoms with van der Waals surface area (Å²) in [6, 6.07) is 0.829. The predicted molar refractivity (Wildman–Crippen MR) is 58.8 cm³/mol. The van der Waals surface area contributed by atoms with Crippen LogP contribution >= 0.6 is 0 Å². The van der Waals surface area contributed by atoms with E-state index < -0.39 is 0 Å². The van der Waals surface area contributed by atoms with Crippen LogP contribution in [0.2, 0.25) is 0 Å². The molecule has 1 aliphatic heterocycles. The molecule has 1 aliphatic carbocycles. The second kappa shape index (κ2) is 6.43. The number of nitrogens with one attached hydrogen (secondary N) is 2. The molecule has 4 nitrogen and oxygen atoms in total. The van der Waals surface area contributed by atoms with Gasteiger partial charge in [0.2, 0.25) is 0 Å². The molecule has 2 N–H and O–H groups in total. The molecule has 0 radical (unpaired) electrons. The van der Waals surface area contributed by atoms with E-state index in [9.17, 15) is 0 Å². The second-order valence-corrected chi connectivity index (χ2v) is 4.31. The largest absolute Gasteiger partial charge is 0.351 e. The molecule has 4 heteroatoms. The minimum Gasteiger partial charge on any atom is -0.351 e. The summed E-state index contributed by atoms with van der Waals surface area (Å²) in [6.45, 7) is 4.68. The number of hydrogen-bond donors (Lipinski definition) is 2. The van der Waals surface area contributed by atoms with Crippen molar-refractivity contribution in [1.82, 2.24) is 10.6 Å². The van der Waals surface area contributed by atoms with Gasteiger partial charge in [0.25, 0.3) is 0 Å². The Morgan fingerprint density at radius 1 is 1.07 bits per heavy atom. The van der Waals surface area contributed by atoms with Crippen molar-refractivity contribution < 1.29 is 9.47 Å². The van der Waals surface area contributed by atoms with Gasteiger partial charge in [-0.3, -0.25) is 0 Å². The summed E-state index contributed by atoms with van der Waals surface area (Å²) in [6.07, 6.45) is 4.94. The smallest absolute Gasteiger partial charge is 0.169 e. The molecule has 1 saturated carbocycles. The third-order valence-electron chi connectivity index (χ3n) is 2.75. The number of rotatable bonds is 7. The Hall–Kier alpha value is -0.160. The molecule has 2 fully saturated rings.